The first-order valence-corrected chi connectivity index (χ1v) is 8.28. The highest BCUT2D eigenvalue weighted by molar-refractivity contribution is 5.86. The van der Waals surface area contributed by atoms with Gasteiger partial charge in [-0.05, 0) is 52.7 Å². The van der Waals surface area contributed by atoms with Gasteiger partial charge in [-0.2, -0.15) is 13.2 Å². The lowest BCUT2D eigenvalue weighted by molar-refractivity contribution is -0.137. The molecular formula is C21H12F4N2O. The van der Waals surface area contributed by atoms with Crippen molar-refractivity contribution >= 4 is 22.7 Å². The van der Waals surface area contributed by atoms with Crippen molar-refractivity contribution in [3.63, 3.8) is 0 Å². The Bertz CT molecular complexity index is 1160. The molecule has 1 aromatic heterocycles. The van der Waals surface area contributed by atoms with Crippen LogP contribution < -0.4 is 0 Å². The number of alkyl halides is 3. The maximum atomic E-state index is 14.5. The van der Waals surface area contributed by atoms with Crippen molar-refractivity contribution in [2.75, 3.05) is 0 Å². The molecule has 7 heteroatoms. The van der Waals surface area contributed by atoms with Crippen LogP contribution in [-0.4, -0.2) is 10.2 Å². The Hall–Kier alpha value is -3.48. The van der Waals surface area contributed by atoms with E-state index in [1.54, 1.807) is 6.07 Å². The van der Waals surface area contributed by atoms with Crippen LogP contribution in [0.2, 0.25) is 0 Å². The lowest BCUT2D eigenvalue weighted by Gasteiger charge is -2.05. The fourth-order valence-corrected chi connectivity index (χ4v) is 2.74. The van der Waals surface area contributed by atoms with Crippen molar-refractivity contribution in [1.29, 1.82) is 0 Å². The summed E-state index contributed by atoms with van der Waals surface area (Å²) in [7, 11) is 0. The Morgan fingerprint density at radius 2 is 1.57 bits per heavy atom. The molecule has 0 N–H and O–H groups in total. The number of halogens is 4. The van der Waals surface area contributed by atoms with E-state index in [0.29, 0.717) is 5.56 Å². The monoisotopic (exact) mass is 384 g/mol. The van der Waals surface area contributed by atoms with Crippen LogP contribution in [0, 0.1) is 0 Å². The van der Waals surface area contributed by atoms with E-state index < -0.39 is 17.6 Å². The maximum Gasteiger partial charge on any atom is 0.416 e. The van der Waals surface area contributed by atoms with Gasteiger partial charge in [-0.25, -0.2) is 4.39 Å². The number of hydrogen-bond donors (Lipinski definition) is 0. The van der Waals surface area contributed by atoms with Crippen molar-refractivity contribution in [2.45, 2.75) is 6.18 Å². The van der Waals surface area contributed by atoms with Crippen LogP contribution >= 0.6 is 0 Å². The summed E-state index contributed by atoms with van der Waals surface area (Å²) in [5, 5.41) is 9.34. The Morgan fingerprint density at radius 1 is 0.857 bits per heavy atom. The van der Waals surface area contributed by atoms with E-state index in [-0.39, 0.29) is 17.3 Å². The van der Waals surface area contributed by atoms with E-state index in [9.17, 15) is 17.6 Å². The molecule has 0 aliphatic carbocycles. The Kier molecular flexibility index (Phi) is 4.43. The minimum Gasteiger partial charge on any atom is -0.414 e. The molecule has 0 bridgehead atoms. The molecule has 0 atom stereocenters. The van der Waals surface area contributed by atoms with Gasteiger partial charge in [-0.3, -0.25) is 0 Å². The summed E-state index contributed by atoms with van der Waals surface area (Å²) in [4.78, 5) is 0. The smallest absolute Gasteiger partial charge is 0.414 e. The molecule has 0 radical (unpaired) electrons. The predicted molar refractivity (Wildman–Crippen MR) is 97.7 cm³/mol. The molecule has 0 saturated carbocycles. The highest BCUT2D eigenvalue weighted by Gasteiger charge is 2.30. The maximum absolute atomic E-state index is 14.5. The van der Waals surface area contributed by atoms with Crippen LogP contribution in [0.1, 0.15) is 17.0 Å². The second-order valence-corrected chi connectivity index (χ2v) is 6.09. The molecule has 0 unspecified atom stereocenters. The molecule has 0 spiro atoms. The number of benzene rings is 3. The molecule has 0 amide bonds. The lowest BCUT2D eigenvalue weighted by Crippen LogP contribution is -2.03. The van der Waals surface area contributed by atoms with E-state index in [2.05, 4.69) is 10.2 Å². The first-order chi connectivity index (χ1) is 13.4. The first kappa shape index (κ1) is 17.9. The van der Waals surface area contributed by atoms with Gasteiger partial charge in [0.15, 0.2) is 5.83 Å². The van der Waals surface area contributed by atoms with E-state index in [0.717, 1.165) is 22.9 Å². The standard InChI is InChI=1S/C21H12F4N2O/c22-18(12-13-5-6-14-3-1-2-4-16(14)11-13)20-27-26-19(28-20)15-7-9-17(10-8-15)21(23,24)25/h1-12H/b18-12-. The van der Waals surface area contributed by atoms with Crippen LogP contribution in [0.15, 0.2) is 71.1 Å². The van der Waals surface area contributed by atoms with E-state index in [1.165, 1.54) is 18.2 Å². The zero-order valence-corrected chi connectivity index (χ0v) is 14.2. The summed E-state index contributed by atoms with van der Waals surface area (Å²) in [6.07, 6.45) is -3.18. The quantitative estimate of drug-likeness (QED) is 0.385. The van der Waals surface area contributed by atoms with Crippen molar-refractivity contribution in [3.8, 4) is 11.5 Å². The molecule has 3 nitrogen and oxygen atoms in total. The molecule has 0 saturated heterocycles. The summed E-state index contributed by atoms with van der Waals surface area (Å²) in [5.74, 6) is -1.14. The normalized spacial score (nSPS) is 12.5. The number of fused-ring (bicyclic) bond motifs is 1. The van der Waals surface area contributed by atoms with E-state index in [1.807, 2.05) is 36.4 Å². The van der Waals surface area contributed by atoms with Crippen LogP contribution in [0.4, 0.5) is 17.6 Å². The Balaban J connectivity index is 1.59. The Morgan fingerprint density at radius 3 is 2.29 bits per heavy atom. The van der Waals surface area contributed by atoms with Gasteiger partial charge in [0.25, 0.3) is 5.89 Å². The van der Waals surface area contributed by atoms with Gasteiger partial charge in [0.2, 0.25) is 5.89 Å². The molecule has 28 heavy (non-hydrogen) atoms. The first-order valence-electron chi connectivity index (χ1n) is 8.28. The molecule has 4 aromatic rings. The molecule has 4 rings (SSSR count). The zero-order valence-electron chi connectivity index (χ0n) is 14.2. The highest BCUT2D eigenvalue weighted by Crippen LogP contribution is 2.31. The third-order valence-corrected chi connectivity index (χ3v) is 4.16. The fourth-order valence-electron chi connectivity index (χ4n) is 2.74. The van der Waals surface area contributed by atoms with Crippen LogP contribution in [0.25, 0.3) is 34.1 Å². The van der Waals surface area contributed by atoms with Crippen LogP contribution in [0.3, 0.4) is 0 Å². The minimum atomic E-state index is -4.44. The summed E-state index contributed by atoms with van der Waals surface area (Å²) in [6, 6.07) is 17.3. The number of hydrogen-bond acceptors (Lipinski definition) is 3. The van der Waals surface area contributed by atoms with E-state index in [4.69, 9.17) is 4.42 Å². The largest absolute Gasteiger partial charge is 0.416 e. The second kappa shape index (κ2) is 6.92. The third-order valence-electron chi connectivity index (χ3n) is 4.16. The molecule has 3 aromatic carbocycles. The number of nitrogens with zero attached hydrogens (tertiary/aromatic N) is 2. The predicted octanol–water partition coefficient (Wildman–Crippen LogP) is 6.38. The zero-order chi connectivity index (χ0) is 19.7. The summed E-state index contributed by atoms with van der Waals surface area (Å²) < 4.78 is 57.6. The van der Waals surface area contributed by atoms with Gasteiger partial charge in [-0.15, -0.1) is 10.2 Å². The molecule has 1 heterocycles. The average Bonchev–Trinajstić information content (AvgIpc) is 3.18. The summed E-state index contributed by atoms with van der Waals surface area (Å²) >= 11 is 0. The van der Waals surface area contributed by atoms with Crippen molar-refractivity contribution in [1.82, 2.24) is 10.2 Å². The molecular weight excluding hydrogens is 372 g/mol. The summed E-state index contributed by atoms with van der Waals surface area (Å²) in [6.45, 7) is 0. The average molecular weight is 384 g/mol. The van der Waals surface area contributed by atoms with Crippen molar-refractivity contribution in [2.24, 2.45) is 0 Å². The van der Waals surface area contributed by atoms with Crippen molar-refractivity contribution < 1.29 is 22.0 Å². The number of aromatic nitrogens is 2. The molecule has 140 valence electrons. The van der Waals surface area contributed by atoms with Crippen molar-refractivity contribution in [3.05, 3.63) is 83.7 Å². The Labute approximate surface area is 156 Å². The molecule has 0 aliphatic heterocycles. The fraction of sp³-hybridized carbons (Fsp3) is 0.0476. The minimum absolute atomic E-state index is 0.0641. The van der Waals surface area contributed by atoms with Crippen LogP contribution in [-0.2, 0) is 6.18 Å². The second-order valence-electron chi connectivity index (χ2n) is 6.09. The molecule has 0 aliphatic rings. The number of rotatable bonds is 3. The highest BCUT2D eigenvalue weighted by atomic mass is 19.4. The summed E-state index contributed by atoms with van der Waals surface area (Å²) in [5.41, 5.74) is 0.0918. The van der Waals surface area contributed by atoms with E-state index >= 15 is 0 Å². The van der Waals surface area contributed by atoms with Gasteiger partial charge < -0.3 is 4.42 Å². The van der Waals surface area contributed by atoms with Gasteiger partial charge in [0.1, 0.15) is 0 Å². The van der Waals surface area contributed by atoms with Gasteiger partial charge in [0.05, 0.1) is 5.56 Å². The van der Waals surface area contributed by atoms with Crippen LogP contribution in [0.5, 0.6) is 0 Å². The van der Waals surface area contributed by atoms with Gasteiger partial charge in [0, 0.05) is 5.56 Å². The van der Waals surface area contributed by atoms with Gasteiger partial charge >= 0.3 is 6.18 Å². The third kappa shape index (κ3) is 3.64. The molecule has 0 fully saturated rings. The lowest BCUT2D eigenvalue weighted by atomic mass is 10.1. The van der Waals surface area contributed by atoms with Gasteiger partial charge in [-0.1, -0.05) is 36.4 Å². The topological polar surface area (TPSA) is 38.9 Å². The SMILES string of the molecule is F/C(=C\c1ccc2ccccc2c1)c1nnc(-c2ccc(C(F)(F)F)cc2)o1.